The molecule has 0 saturated heterocycles. The van der Waals surface area contributed by atoms with E-state index in [-0.39, 0.29) is 17.3 Å². The van der Waals surface area contributed by atoms with Crippen LogP contribution in [0.15, 0.2) is 71.6 Å². The van der Waals surface area contributed by atoms with Crippen LogP contribution >= 0.6 is 11.6 Å². The molecule has 3 aromatic rings. The second-order valence-corrected chi connectivity index (χ2v) is 12.0. The van der Waals surface area contributed by atoms with Gasteiger partial charge in [-0.2, -0.15) is 0 Å². The van der Waals surface area contributed by atoms with Crippen molar-refractivity contribution in [3.8, 4) is 0 Å². The van der Waals surface area contributed by atoms with Gasteiger partial charge in [0.15, 0.2) is 0 Å². The molecule has 39 heavy (non-hydrogen) atoms. The van der Waals surface area contributed by atoms with Gasteiger partial charge in [0.05, 0.1) is 10.6 Å². The smallest absolute Gasteiger partial charge is 0.264 e. The van der Waals surface area contributed by atoms with Crippen molar-refractivity contribution >= 4 is 39.1 Å². The molecule has 0 aromatic heterocycles. The lowest BCUT2D eigenvalue weighted by atomic mass is 10.1. The van der Waals surface area contributed by atoms with Crippen LogP contribution in [0.5, 0.6) is 0 Å². The summed E-state index contributed by atoms with van der Waals surface area (Å²) >= 11 is 6.16. The number of anilines is 1. The van der Waals surface area contributed by atoms with Gasteiger partial charge in [0.2, 0.25) is 11.8 Å². The Labute approximate surface area is 236 Å². The van der Waals surface area contributed by atoms with Crippen molar-refractivity contribution in [2.24, 2.45) is 0 Å². The normalized spacial score (nSPS) is 12.1. The first-order valence-corrected chi connectivity index (χ1v) is 14.7. The first-order valence-electron chi connectivity index (χ1n) is 12.9. The third-order valence-electron chi connectivity index (χ3n) is 6.47. The summed E-state index contributed by atoms with van der Waals surface area (Å²) in [5.41, 5.74) is 3.71. The van der Waals surface area contributed by atoms with Crippen LogP contribution in [-0.4, -0.2) is 44.3 Å². The highest BCUT2D eigenvalue weighted by molar-refractivity contribution is 7.92. The zero-order valence-corrected chi connectivity index (χ0v) is 24.6. The van der Waals surface area contributed by atoms with E-state index in [4.69, 9.17) is 11.6 Å². The highest BCUT2D eigenvalue weighted by Crippen LogP contribution is 2.29. The van der Waals surface area contributed by atoms with Gasteiger partial charge in [0.25, 0.3) is 10.0 Å². The molecular formula is C30H36ClN3O4S. The zero-order chi connectivity index (χ0) is 28.7. The molecule has 1 N–H and O–H groups in total. The monoisotopic (exact) mass is 569 g/mol. The van der Waals surface area contributed by atoms with Gasteiger partial charge in [-0.05, 0) is 75.6 Å². The Bertz CT molecular complexity index is 1420. The fraction of sp³-hybridized carbons (Fsp3) is 0.333. The summed E-state index contributed by atoms with van der Waals surface area (Å²) in [5.74, 6) is -0.797. The van der Waals surface area contributed by atoms with Crippen LogP contribution in [0.3, 0.4) is 0 Å². The number of amides is 2. The minimum Gasteiger partial charge on any atom is -0.354 e. The van der Waals surface area contributed by atoms with Crippen molar-refractivity contribution in [3.05, 3.63) is 94.0 Å². The van der Waals surface area contributed by atoms with Gasteiger partial charge < -0.3 is 10.2 Å². The Morgan fingerprint density at radius 2 is 1.64 bits per heavy atom. The standard InChI is InChI=1S/C30H36ClN3O4S/c1-6-16-32-30(36)24(5)33(19-25-9-7-8-22(3)17-25)29(35)20-34(28-15-12-26(31)18-23(28)4)39(37,38)27-13-10-21(2)11-14-27/h7-15,17-18,24H,6,16,19-20H2,1-5H3,(H,32,36)/t24-/m1/s1. The highest BCUT2D eigenvalue weighted by Gasteiger charge is 2.33. The summed E-state index contributed by atoms with van der Waals surface area (Å²) < 4.78 is 29.0. The molecule has 0 heterocycles. The van der Waals surface area contributed by atoms with Crippen LogP contribution < -0.4 is 9.62 Å². The minimum atomic E-state index is -4.13. The third kappa shape index (κ3) is 7.61. The summed E-state index contributed by atoms with van der Waals surface area (Å²) in [6, 6.07) is 18.2. The Kier molecular flexibility index (Phi) is 10.2. The number of nitrogens with one attached hydrogen (secondary N) is 1. The van der Waals surface area contributed by atoms with E-state index in [9.17, 15) is 18.0 Å². The molecule has 3 rings (SSSR count). The highest BCUT2D eigenvalue weighted by atomic mass is 35.5. The van der Waals surface area contributed by atoms with Gasteiger partial charge in [0.1, 0.15) is 12.6 Å². The van der Waals surface area contributed by atoms with Gasteiger partial charge >= 0.3 is 0 Å². The Morgan fingerprint density at radius 3 is 2.26 bits per heavy atom. The molecule has 3 aromatic carbocycles. The number of rotatable bonds is 11. The average Bonchev–Trinajstić information content (AvgIpc) is 2.89. The van der Waals surface area contributed by atoms with Crippen LogP contribution in [0, 0.1) is 20.8 Å². The molecule has 0 unspecified atom stereocenters. The molecule has 208 valence electrons. The van der Waals surface area contributed by atoms with E-state index in [2.05, 4.69) is 5.32 Å². The van der Waals surface area contributed by atoms with Crippen molar-refractivity contribution in [1.29, 1.82) is 0 Å². The van der Waals surface area contributed by atoms with E-state index in [0.29, 0.717) is 22.8 Å². The summed E-state index contributed by atoms with van der Waals surface area (Å²) in [6.45, 7) is 9.31. The van der Waals surface area contributed by atoms with E-state index in [1.54, 1.807) is 44.2 Å². The third-order valence-corrected chi connectivity index (χ3v) is 8.48. The summed E-state index contributed by atoms with van der Waals surface area (Å²) in [4.78, 5) is 28.4. The first kappa shape index (κ1) is 30.2. The molecule has 0 spiro atoms. The molecule has 0 saturated carbocycles. The first-order chi connectivity index (χ1) is 18.4. The molecule has 0 aliphatic heterocycles. The van der Waals surface area contributed by atoms with Crippen LogP contribution in [0.1, 0.15) is 42.5 Å². The minimum absolute atomic E-state index is 0.0641. The van der Waals surface area contributed by atoms with E-state index in [0.717, 1.165) is 27.4 Å². The number of hydrogen-bond donors (Lipinski definition) is 1. The molecule has 9 heteroatoms. The molecular weight excluding hydrogens is 534 g/mol. The van der Waals surface area contributed by atoms with Crippen LogP contribution in [0.2, 0.25) is 5.02 Å². The molecule has 0 bridgehead atoms. The maximum absolute atomic E-state index is 14.0. The number of nitrogens with zero attached hydrogens (tertiary/aromatic N) is 2. The van der Waals surface area contributed by atoms with E-state index in [1.165, 1.54) is 17.0 Å². The lowest BCUT2D eigenvalue weighted by Gasteiger charge is -2.32. The molecule has 0 aliphatic rings. The van der Waals surface area contributed by atoms with E-state index >= 15 is 0 Å². The van der Waals surface area contributed by atoms with Gasteiger partial charge in [-0.3, -0.25) is 13.9 Å². The fourth-order valence-corrected chi connectivity index (χ4v) is 5.94. The number of aryl methyl sites for hydroxylation is 3. The van der Waals surface area contributed by atoms with Crippen molar-refractivity contribution < 1.29 is 18.0 Å². The van der Waals surface area contributed by atoms with Crippen LogP contribution in [0.25, 0.3) is 0 Å². The maximum atomic E-state index is 14.0. The van der Waals surface area contributed by atoms with E-state index < -0.39 is 28.5 Å². The predicted octanol–water partition coefficient (Wildman–Crippen LogP) is 5.40. The summed E-state index contributed by atoms with van der Waals surface area (Å²) in [6.07, 6.45) is 0.753. The number of carbonyl (C=O) groups is 2. The van der Waals surface area contributed by atoms with Crippen LogP contribution in [-0.2, 0) is 26.2 Å². The quantitative estimate of drug-likeness (QED) is 0.335. The summed E-state index contributed by atoms with van der Waals surface area (Å²) in [7, 11) is -4.13. The molecule has 2 amide bonds. The second-order valence-electron chi connectivity index (χ2n) is 9.73. The predicted molar refractivity (Wildman–Crippen MR) is 156 cm³/mol. The average molecular weight is 570 g/mol. The van der Waals surface area contributed by atoms with Gasteiger partial charge in [-0.25, -0.2) is 8.42 Å². The fourth-order valence-electron chi connectivity index (χ4n) is 4.24. The SMILES string of the molecule is CCCNC(=O)[C@@H](C)N(Cc1cccc(C)c1)C(=O)CN(c1ccc(Cl)cc1C)S(=O)(=O)c1ccc(C)cc1. The molecule has 0 radical (unpaired) electrons. The molecule has 1 atom stereocenters. The molecule has 0 fully saturated rings. The summed E-state index contributed by atoms with van der Waals surface area (Å²) in [5, 5.41) is 3.30. The second kappa shape index (κ2) is 13.1. The number of benzene rings is 3. The molecule has 0 aliphatic carbocycles. The topological polar surface area (TPSA) is 86.8 Å². The van der Waals surface area contributed by atoms with Gasteiger partial charge in [0, 0.05) is 18.1 Å². The van der Waals surface area contributed by atoms with Crippen molar-refractivity contribution in [3.63, 3.8) is 0 Å². The number of carbonyl (C=O) groups excluding carboxylic acids is 2. The van der Waals surface area contributed by atoms with Gasteiger partial charge in [-0.1, -0.05) is 66.0 Å². The molecule has 7 nitrogen and oxygen atoms in total. The van der Waals surface area contributed by atoms with Crippen molar-refractivity contribution in [2.45, 2.75) is 58.5 Å². The van der Waals surface area contributed by atoms with Crippen molar-refractivity contribution in [1.82, 2.24) is 10.2 Å². The van der Waals surface area contributed by atoms with E-state index in [1.807, 2.05) is 45.0 Å². The largest absolute Gasteiger partial charge is 0.354 e. The zero-order valence-electron chi connectivity index (χ0n) is 23.1. The number of hydrogen-bond acceptors (Lipinski definition) is 4. The maximum Gasteiger partial charge on any atom is 0.264 e. The Hall–Kier alpha value is -3.36. The lowest BCUT2D eigenvalue weighted by Crippen LogP contribution is -2.51. The number of sulfonamides is 1. The number of halogens is 1. The van der Waals surface area contributed by atoms with Crippen LogP contribution in [0.4, 0.5) is 5.69 Å². The lowest BCUT2D eigenvalue weighted by molar-refractivity contribution is -0.139. The Balaban J connectivity index is 2.05. The van der Waals surface area contributed by atoms with Gasteiger partial charge in [-0.15, -0.1) is 0 Å². The van der Waals surface area contributed by atoms with Crippen molar-refractivity contribution in [2.75, 3.05) is 17.4 Å². The Morgan fingerprint density at radius 1 is 0.949 bits per heavy atom.